The summed E-state index contributed by atoms with van der Waals surface area (Å²) in [6.07, 6.45) is 2.62. The van der Waals surface area contributed by atoms with Crippen LogP contribution >= 0.6 is 0 Å². The maximum absolute atomic E-state index is 11.4. The third kappa shape index (κ3) is 4.12. The zero-order chi connectivity index (χ0) is 12.2. The predicted octanol–water partition coefficient (Wildman–Crippen LogP) is 1.78. The Labute approximate surface area is 99.4 Å². The van der Waals surface area contributed by atoms with Crippen molar-refractivity contribution >= 4 is 5.91 Å². The van der Waals surface area contributed by atoms with Crippen LogP contribution in [0.15, 0.2) is 0 Å². The molecule has 1 aliphatic rings. The van der Waals surface area contributed by atoms with Crippen molar-refractivity contribution < 1.29 is 4.79 Å². The number of carbonyl (C=O) groups is 1. The van der Waals surface area contributed by atoms with Gasteiger partial charge < -0.3 is 10.6 Å². The maximum atomic E-state index is 11.4. The standard InChI is InChI=1S/C13H26N2O/c1-10(2)7-15-12(16)8-14-9-13(5-6-13)11(3)4/h10-11,14H,5-9H2,1-4H3,(H,15,16). The van der Waals surface area contributed by atoms with Gasteiger partial charge in [-0.15, -0.1) is 0 Å². The smallest absolute Gasteiger partial charge is 0.233 e. The molecule has 0 unspecified atom stereocenters. The predicted molar refractivity (Wildman–Crippen MR) is 67.2 cm³/mol. The quantitative estimate of drug-likeness (QED) is 0.695. The summed E-state index contributed by atoms with van der Waals surface area (Å²) in [5.74, 6) is 1.36. The first-order valence-electron chi connectivity index (χ1n) is 6.44. The van der Waals surface area contributed by atoms with Gasteiger partial charge in [-0.05, 0) is 30.1 Å². The zero-order valence-electron chi connectivity index (χ0n) is 11.1. The summed E-state index contributed by atoms with van der Waals surface area (Å²) < 4.78 is 0. The van der Waals surface area contributed by atoms with E-state index in [-0.39, 0.29) is 5.91 Å². The molecular weight excluding hydrogens is 200 g/mol. The SMILES string of the molecule is CC(C)CNC(=O)CNCC1(C(C)C)CC1. The summed E-state index contributed by atoms with van der Waals surface area (Å²) in [7, 11) is 0. The summed E-state index contributed by atoms with van der Waals surface area (Å²) in [6.45, 7) is 11.0. The van der Waals surface area contributed by atoms with E-state index in [9.17, 15) is 4.79 Å². The van der Waals surface area contributed by atoms with Gasteiger partial charge in [0.2, 0.25) is 5.91 Å². The molecule has 0 atom stereocenters. The molecule has 1 aliphatic carbocycles. The van der Waals surface area contributed by atoms with Crippen molar-refractivity contribution in [3.63, 3.8) is 0 Å². The van der Waals surface area contributed by atoms with Gasteiger partial charge in [0.15, 0.2) is 0 Å². The molecule has 0 spiro atoms. The Balaban J connectivity index is 2.09. The van der Waals surface area contributed by atoms with Crippen LogP contribution < -0.4 is 10.6 Å². The first-order chi connectivity index (χ1) is 7.46. The second kappa shape index (κ2) is 5.67. The van der Waals surface area contributed by atoms with E-state index in [0.29, 0.717) is 17.9 Å². The molecule has 3 nitrogen and oxygen atoms in total. The summed E-state index contributed by atoms with van der Waals surface area (Å²) in [5, 5.41) is 6.20. The minimum absolute atomic E-state index is 0.119. The Morgan fingerprint density at radius 3 is 2.31 bits per heavy atom. The fourth-order valence-corrected chi connectivity index (χ4v) is 1.92. The molecule has 2 N–H and O–H groups in total. The number of rotatable bonds is 7. The second-order valence-corrected chi connectivity index (χ2v) is 5.82. The van der Waals surface area contributed by atoms with E-state index < -0.39 is 0 Å². The lowest BCUT2D eigenvalue weighted by Gasteiger charge is -2.20. The Morgan fingerprint density at radius 2 is 1.88 bits per heavy atom. The molecule has 0 aliphatic heterocycles. The lowest BCUT2D eigenvalue weighted by atomic mass is 9.92. The molecule has 1 fully saturated rings. The van der Waals surface area contributed by atoms with Crippen LogP contribution in [-0.4, -0.2) is 25.5 Å². The van der Waals surface area contributed by atoms with Gasteiger partial charge in [-0.25, -0.2) is 0 Å². The van der Waals surface area contributed by atoms with Gasteiger partial charge in [-0.3, -0.25) is 4.79 Å². The Bertz CT molecular complexity index is 232. The first-order valence-corrected chi connectivity index (χ1v) is 6.44. The third-order valence-electron chi connectivity index (χ3n) is 3.59. The molecule has 0 heterocycles. The molecule has 0 saturated heterocycles. The van der Waals surface area contributed by atoms with Crippen molar-refractivity contribution in [1.29, 1.82) is 0 Å². The number of amides is 1. The van der Waals surface area contributed by atoms with Crippen LogP contribution in [0.4, 0.5) is 0 Å². The van der Waals surface area contributed by atoms with Crippen molar-refractivity contribution in [2.24, 2.45) is 17.3 Å². The molecule has 1 rings (SSSR count). The van der Waals surface area contributed by atoms with E-state index in [1.54, 1.807) is 0 Å². The molecule has 0 aromatic carbocycles. The van der Waals surface area contributed by atoms with Gasteiger partial charge in [-0.1, -0.05) is 27.7 Å². The Kier molecular flexibility index (Phi) is 4.78. The highest BCUT2D eigenvalue weighted by Crippen LogP contribution is 2.51. The van der Waals surface area contributed by atoms with Crippen LogP contribution in [0.3, 0.4) is 0 Å². The van der Waals surface area contributed by atoms with Crippen LogP contribution in [0.1, 0.15) is 40.5 Å². The molecule has 0 aromatic rings. The van der Waals surface area contributed by atoms with Crippen molar-refractivity contribution in [2.45, 2.75) is 40.5 Å². The van der Waals surface area contributed by atoms with Crippen LogP contribution in [0.5, 0.6) is 0 Å². The van der Waals surface area contributed by atoms with Gasteiger partial charge in [0.1, 0.15) is 0 Å². The molecule has 0 bridgehead atoms. The molecule has 3 heteroatoms. The fraction of sp³-hybridized carbons (Fsp3) is 0.923. The molecular formula is C13H26N2O. The van der Waals surface area contributed by atoms with Crippen molar-refractivity contribution in [3.8, 4) is 0 Å². The molecule has 0 radical (unpaired) electrons. The van der Waals surface area contributed by atoms with Crippen LogP contribution in [0.25, 0.3) is 0 Å². The average molecular weight is 226 g/mol. The number of hydrogen-bond acceptors (Lipinski definition) is 2. The van der Waals surface area contributed by atoms with E-state index in [1.165, 1.54) is 12.8 Å². The van der Waals surface area contributed by atoms with Gasteiger partial charge in [-0.2, -0.15) is 0 Å². The highest BCUT2D eigenvalue weighted by atomic mass is 16.1. The lowest BCUT2D eigenvalue weighted by molar-refractivity contribution is -0.120. The summed E-state index contributed by atoms with van der Waals surface area (Å²) in [4.78, 5) is 11.4. The minimum atomic E-state index is 0.119. The van der Waals surface area contributed by atoms with E-state index >= 15 is 0 Å². The van der Waals surface area contributed by atoms with Crippen LogP contribution in [-0.2, 0) is 4.79 Å². The van der Waals surface area contributed by atoms with Gasteiger partial charge in [0.25, 0.3) is 0 Å². The van der Waals surface area contributed by atoms with E-state index in [4.69, 9.17) is 0 Å². The highest BCUT2D eigenvalue weighted by molar-refractivity contribution is 5.77. The van der Waals surface area contributed by atoms with Crippen molar-refractivity contribution in [1.82, 2.24) is 10.6 Å². The largest absolute Gasteiger partial charge is 0.355 e. The topological polar surface area (TPSA) is 41.1 Å². The van der Waals surface area contributed by atoms with Crippen molar-refractivity contribution in [3.05, 3.63) is 0 Å². The van der Waals surface area contributed by atoms with E-state index in [2.05, 4.69) is 38.3 Å². The first kappa shape index (κ1) is 13.5. The normalized spacial score (nSPS) is 17.9. The summed E-state index contributed by atoms with van der Waals surface area (Å²) in [5.41, 5.74) is 0.484. The number of hydrogen-bond donors (Lipinski definition) is 2. The number of nitrogens with one attached hydrogen (secondary N) is 2. The molecule has 1 amide bonds. The zero-order valence-corrected chi connectivity index (χ0v) is 11.1. The second-order valence-electron chi connectivity index (χ2n) is 5.82. The van der Waals surface area contributed by atoms with Gasteiger partial charge >= 0.3 is 0 Å². The lowest BCUT2D eigenvalue weighted by Crippen LogP contribution is -2.38. The monoisotopic (exact) mass is 226 g/mol. The minimum Gasteiger partial charge on any atom is -0.355 e. The Morgan fingerprint density at radius 1 is 1.25 bits per heavy atom. The summed E-state index contributed by atoms with van der Waals surface area (Å²) in [6, 6.07) is 0. The highest BCUT2D eigenvalue weighted by Gasteiger charge is 2.44. The van der Waals surface area contributed by atoms with Gasteiger partial charge in [0, 0.05) is 13.1 Å². The Hall–Kier alpha value is -0.570. The molecule has 94 valence electrons. The average Bonchev–Trinajstić information content (AvgIpc) is 2.96. The fourth-order valence-electron chi connectivity index (χ4n) is 1.92. The van der Waals surface area contributed by atoms with E-state index in [1.807, 2.05) is 0 Å². The molecule has 16 heavy (non-hydrogen) atoms. The van der Waals surface area contributed by atoms with Crippen LogP contribution in [0.2, 0.25) is 0 Å². The van der Waals surface area contributed by atoms with Gasteiger partial charge in [0.05, 0.1) is 6.54 Å². The maximum Gasteiger partial charge on any atom is 0.233 e. The van der Waals surface area contributed by atoms with Crippen molar-refractivity contribution in [2.75, 3.05) is 19.6 Å². The molecule has 1 saturated carbocycles. The van der Waals surface area contributed by atoms with E-state index in [0.717, 1.165) is 19.0 Å². The number of carbonyl (C=O) groups excluding carboxylic acids is 1. The third-order valence-corrected chi connectivity index (χ3v) is 3.59. The molecule has 0 aromatic heterocycles. The summed E-state index contributed by atoms with van der Waals surface area (Å²) >= 11 is 0. The van der Waals surface area contributed by atoms with Crippen LogP contribution in [0, 0.1) is 17.3 Å².